The Morgan fingerprint density at radius 3 is 2.70 bits per heavy atom. The first-order valence-electron chi connectivity index (χ1n) is 7.30. The van der Waals surface area contributed by atoms with E-state index in [9.17, 15) is 14.0 Å². The van der Waals surface area contributed by atoms with Gasteiger partial charge in [0.1, 0.15) is 11.9 Å². The van der Waals surface area contributed by atoms with E-state index in [1.807, 2.05) is 0 Å². The average molecular weight is 318 g/mol. The number of hydrogen-bond acceptors (Lipinski definition) is 3. The monoisotopic (exact) mass is 318 g/mol. The molecule has 23 heavy (non-hydrogen) atoms. The van der Waals surface area contributed by atoms with E-state index in [4.69, 9.17) is 0 Å². The Labute approximate surface area is 133 Å². The third-order valence-corrected chi connectivity index (χ3v) is 3.44. The third kappa shape index (κ3) is 4.38. The van der Waals surface area contributed by atoms with E-state index in [1.54, 1.807) is 49.1 Å². The number of hydrogen-bond donors (Lipinski definition) is 2. The van der Waals surface area contributed by atoms with Crippen molar-refractivity contribution in [2.45, 2.75) is 19.9 Å². The molecule has 1 heterocycles. The molecule has 1 unspecified atom stereocenters. The zero-order chi connectivity index (χ0) is 16.8. The summed E-state index contributed by atoms with van der Waals surface area (Å²) in [5.74, 6) is -0.985. The lowest BCUT2D eigenvalue weighted by molar-refractivity contribution is -0.124. The summed E-state index contributed by atoms with van der Waals surface area (Å²) < 4.78 is 15.0. The van der Waals surface area contributed by atoms with Gasteiger partial charge >= 0.3 is 0 Å². The lowest BCUT2D eigenvalue weighted by Gasteiger charge is -2.13. The molecule has 1 aromatic heterocycles. The topological polar surface area (TPSA) is 76.0 Å². The van der Waals surface area contributed by atoms with Crippen LogP contribution in [0.3, 0.4) is 0 Å². The van der Waals surface area contributed by atoms with Crippen LogP contribution in [0.2, 0.25) is 0 Å². The number of rotatable bonds is 6. The molecular weight excluding hydrogens is 299 g/mol. The van der Waals surface area contributed by atoms with Crippen LogP contribution in [0.5, 0.6) is 0 Å². The highest BCUT2D eigenvalue weighted by atomic mass is 19.1. The van der Waals surface area contributed by atoms with Gasteiger partial charge in [0.05, 0.1) is 0 Å². The SMILES string of the molecule is Cc1ccc(C(=O)NCCNC(=O)C(C)n2cccn2)cc1F. The summed E-state index contributed by atoms with van der Waals surface area (Å²) in [7, 11) is 0. The Hall–Kier alpha value is -2.70. The first-order chi connectivity index (χ1) is 11.0. The van der Waals surface area contributed by atoms with Crippen LogP contribution >= 0.6 is 0 Å². The van der Waals surface area contributed by atoms with E-state index in [-0.39, 0.29) is 30.5 Å². The van der Waals surface area contributed by atoms with Crippen LogP contribution in [-0.2, 0) is 4.79 Å². The van der Waals surface area contributed by atoms with Gasteiger partial charge in [0.15, 0.2) is 0 Å². The minimum absolute atomic E-state index is 0.190. The smallest absolute Gasteiger partial charge is 0.251 e. The Morgan fingerprint density at radius 2 is 2.04 bits per heavy atom. The number of carbonyl (C=O) groups excluding carboxylic acids is 2. The molecular formula is C16H19FN4O2. The van der Waals surface area contributed by atoms with Crippen molar-refractivity contribution in [3.63, 3.8) is 0 Å². The highest BCUT2D eigenvalue weighted by molar-refractivity contribution is 5.94. The summed E-state index contributed by atoms with van der Waals surface area (Å²) in [6.45, 7) is 3.90. The maximum atomic E-state index is 13.4. The van der Waals surface area contributed by atoms with Gasteiger partial charge in [-0.15, -0.1) is 0 Å². The van der Waals surface area contributed by atoms with Crippen molar-refractivity contribution >= 4 is 11.8 Å². The molecule has 0 bridgehead atoms. The molecule has 122 valence electrons. The van der Waals surface area contributed by atoms with Crippen LogP contribution in [0.4, 0.5) is 4.39 Å². The van der Waals surface area contributed by atoms with Crippen LogP contribution in [0.1, 0.15) is 28.9 Å². The van der Waals surface area contributed by atoms with Crippen LogP contribution in [0.25, 0.3) is 0 Å². The Bertz CT molecular complexity index is 685. The Kier molecular flexibility index (Phi) is 5.46. The Morgan fingerprint density at radius 1 is 1.30 bits per heavy atom. The summed E-state index contributed by atoms with van der Waals surface area (Å²) in [6, 6.07) is 5.63. The van der Waals surface area contributed by atoms with Crippen molar-refractivity contribution in [2.24, 2.45) is 0 Å². The van der Waals surface area contributed by atoms with E-state index in [1.165, 1.54) is 6.07 Å². The predicted octanol–water partition coefficient (Wildman–Crippen LogP) is 1.44. The van der Waals surface area contributed by atoms with Crippen molar-refractivity contribution in [3.05, 3.63) is 53.6 Å². The molecule has 1 aromatic carbocycles. The summed E-state index contributed by atoms with van der Waals surface area (Å²) in [5, 5.41) is 9.34. The highest BCUT2D eigenvalue weighted by Gasteiger charge is 2.14. The van der Waals surface area contributed by atoms with Crippen molar-refractivity contribution < 1.29 is 14.0 Å². The number of benzene rings is 1. The predicted molar refractivity (Wildman–Crippen MR) is 83.4 cm³/mol. The number of aryl methyl sites for hydroxylation is 1. The second-order valence-electron chi connectivity index (χ2n) is 5.17. The molecule has 0 saturated heterocycles. The van der Waals surface area contributed by atoms with Gasteiger partial charge in [0, 0.05) is 31.0 Å². The number of halogens is 1. The van der Waals surface area contributed by atoms with Gasteiger partial charge in [0.25, 0.3) is 5.91 Å². The summed E-state index contributed by atoms with van der Waals surface area (Å²) >= 11 is 0. The van der Waals surface area contributed by atoms with Crippen LogP contribution in [0, 0.1) is 12.7 Å². The third-order valence-electron chi connectivity index (χ3n) is 3.44. The second kappa shape index (κ2) is 7.53. The zero-order valence-corrected chi connectivity index (χ0v) is 13.0. The summed E-state index contributed by atoms with van der Waals surface area (Å²) in [5.41, 5.74) is 0.741. The zero-order valence-electron chi connectivity index (χ0n) is 13.0. The fraction of sp³-hybridized carbons (Fsp3) is 0.312. The standard InChI is InChI=1S/C16H19FN4O2/c1-11-4-5-13(10-14(11)17)16(23)19-8-7-18-15(22)12(2)21-9-3-6-20-21/h3-6,9-10,12H,7-8H2,1-2H3,(H,18,22)(H,19,23). The first kappa shape index (κ1) is 16.7. The molecule has 0 radical (unpaired) electrons. The van der Waals surface area contributed by atoms with Crippen molar-refractivity contribution in [1.82, 2.24) is 20.4 Å². The van der Waals surface area contributed by atoms with Crippen LogP contribution in [0.15, 0.2) is 36.7 Å². The van der Waals surface area contributed by atoms with Crippen LogP contribution < -0.4 is 10.6 Å². The van der Waals surface area contributed by atoms with Crippen LogP contribution in [-0.4, -0.2) is 34.7 Å². The van der Waals surface area contributed by atoms with E-state index in [0.29, 0.717) is 5.56 Å². The highest BCUT2D eigenvalue weighted by Crippen LogP contribution is 2.08. The molecule has 0 aliphatic rings. The lowest BCUT2D eigenvalue weighted by atomic mass is 10.1. The molecule has 2 rings (SSSR count). The van der Waals surface area contributed by atoms with Gasteiger partial charge in [-0.3, -0.25) is 14.3 Å². The molecule has 1 atom stereocenters. The number of nitrogens with one attached hydrogen (secondary N) is 2. The minimum atomic E-state index is -0.424. The van der Waals surface area contributed by atoms with Crippen molar-refractivity contribution in [3.8, 4) is 0 Å². The number of carbonyl (C=O) groups is 2. The van der Waals surface area contributed by atoms with Gasteiger partial charge in [-0.1, -0.05) is 6.07 Å². The van der Waals surface area contributed by atoms with E-state index in [0.717, 1.165) is 0 Å². The van der Waals surface area contributed by atoms with E-state index >= 15 is 0 Å². The second-order valence-corrected chi connectivity index (χ2v) is 5.17. The Balaban J connectivity index is 1.75. The van der Waals surface area contributed by atoms with E-state index in [2.05, 4.69) is 15.7 Å². The number of amides is 2. The molecule has 2 amide bonds. The minimum Gasteiger partial charge on any atom is -0.352 e. The van der Waals surface area contributed by atoms with Crippen molar-refractivity contribution in [1.29, 1.82) is 0 Å². The number of aromatic nitrogens is 2. The van der Waals surface area contributed by atoms with Gasteiger partial charge in [-0.25, -0.2) is 4.39 Å². The van der Waals surface area contributed by atoms with Gasteiger partial charge < -0.3 is 10.6 Å². The quantitative estimate of drug-likeness (QED) is 0.791. The maximum absolute atomic E-state index is 13.4. The molecule has 0 saturated carbocycles. The maximum Gasteiger partial charge on any atom is 0.251 e. The van der Waals surface area contributed by atoms with Gasteiger partial charge in [0.2, 0.25) is 5.91 Å². The molecule has 0 aliphatic heterocycles. The van der Waals surface area contributed by atoms with Crippen molar-refractivity contribution in [2.75, 3.05) is 13.1 Å². The molecule has 0 fully saturated rings. The average Bonchev–Trinajstić information content (AvgIpc) is 3.07. The fourth-order valence-corrected chi connectivity index (χ4v) is 1.98. The molecule has 6 nitrogen and oxygen atoms in total. The fourth-order valence-electron chi connectivity index (χ4n) is 1.98. The summed E-state index contributed by atoms with van der Waals surface area (Å²) in [4.78, 5) is 23.8. The van der Waals surface area contributed by atoms with E-state index < -0.39 is 11.9 Å². The molecule has 0 spiro atoms. The summed E-state index contributed by atoms with van der Waals surface area (Å²) in [6.07, 6.45) is 3.31. The normalized spacial score (nSPS) is 11.8. The molecule has 0 aliphatic carbocycles. The van der Waals surface area contributed by atoms with Gasteiger partial charge in [-0.2, -0.15) is 5.10 Å². The molecule has 2 aromatic rings. The molecule has 2 N–H and O–H groups in total. The van der Waals surface area contributed by atoms with Gasteiger partial charge in [-0.05, 0) is 37.6 Å². The first-order valence-corrected chi connectivity index (χ1v) is 7.30. The lowest BCUT2D eigenvalue weighted by Crippen LogP contribution is -2.37. The number of nitrogens with zero attached hydrogens (tertiary/aromatic N) is 2. The largest absolute Gasteiger partial charge is 0.352 e. The molecule has 7 heteroatoms.